The van der Waals surface area contributed by atoms with Crippen LogP contribution in [0.3, 0.4) is 0 Å². The van der Waals surface area contributed by atoms with Gasteiger partial charge in [0.25, 0.3) is 0 Å². The van der Waals surface area contributed by atoms with Crippen molar-refractivity contribution in [2.45, 2.75) is 32.7 Å². The van der Waals surface area contributed by atoms with E-state index in [0.717, 1.165) is 37.8 Å². The van der Waals surface area contributed by atoms with Gasteiger partial charge in [-0.2, -0.15) is 4.98 Å². The van der Waals surface area contributed by atoms with Gasteiger partial charge in [-0.15, -0.1) is 0 Å². The van der Waals surface area contributed by atoms with E-state index in [1.807, 2.05) is 6.92 Å². The predicted octanol–water partition coefficient (Wildman–Crippen LogP) is 0.604. The van der Waals surface area contributed by atoms with Crippen molar-refractivity contribution in [1.82, 2.24) is 20.4 Å². The fraction of sp³-hybridized carbons (Fsp3) is 0.818. The molecule has 90 valence electrons. The molecule has 0 spiro atoms. The number of rotatable bonds is 5. The lowest BCUT2D eigenvalue weighted by atomic mass is 10.3. The van der Waals surface area contributed by atoms with Gasteiger partial charge in [0.2, 0.25) is 5.89 Å². The molecule has 1 fully saturated rings. The quantitative estimate of drug-likeness (QED) is 0.794. The summed E-state index contributed by atoms with van der Waals surface area (Å²) in [5, 5.41) is 7.27. The minimum absolute atomic E-state index is 0.662. The molecular weight excluding hydrogens is 204 g/mol. The van der Waals surface area contributed by atoms with E-state index in [-0.39, 0.29) is 0 Å². The summed E-state index contributed by atoms with van der Waals surface area (Å²) in [5.41, 5.74) is 0. The minimum Gasteiger partial charge on any atom is -0.339 e. The lowest BCUT2D eigenvalue weighted by molar-refractivity contribution is 0.304. The minimum atomic E-state index is 0.662. The van der Waals surface area contributed by atoms with Gasteiger partial charge in [0.15, 0.2) is 5.82 Å². The lowest BCUT2D eigenvalue weighted by Crippen LogP contribution is -2.32. The molecule has 0 aliphatic carbocycles. The molecule has 0 saturated carbocycles. The summed E-state index contributed by atoms with van der Waals surface area (Å²) >= 11 is 0. The van der Waals surface area contributed by atoms with Crippen molar-refractivity contribution in [3.05, 3.63) is 11.7 Å². The van der Waals surface area contributed by atoms with E-state index >= 15 is 0 Å². The molecule has 0 amide bonds. The molecule has 2 rings (SSSR count). The van der Waals surface area contributed by atoms with Crippen molar-refractivity contribution in [2.24, 2.45) is 0 Å². The first-order chi connectivity index (χ1) is 7.78. The third-order valence-corrected chi connectivity index (χ3v) is 2.98. The smallest absolute Gasteiger partial charge is 0.227 e. The van der Waals surface area contributed by atoms with Gasteiger partial charge in [-0.1, -0.05) is 12.1 Å². The Morgan fingerprint density at radius 2 is 2.44 bits per heavy atom. The van der Waals surface area contributed by atoms with E-state index in [9.17, 15) is 0 Å². The monoisotopic (exact) mass is 224 g/mol. The fourth-order valence-corrected chi connectivity index (χ4v) is 2.19. The van der Waals surface area contributed by atoms with E-state index in [1.165, 1.54) is 13.0 Å². The second-order valence-electron chi connectivity index (χ2n) is 4.33. The number of hydrogen-bond donors (Lipinski definition) is 1. The molecule has 1 unspecified atom stereocenters. The zero-order chi connectivity index (χ0) is 11.4. The molecule has 1 saturated heterocycles. The Balaban J connectivity index is 1.71. The maximum Gasteiger partial charge on any atom is 0.227 e. The molecule has 5 heteroatoms. The van der Waals surface area contributed by atoms with Crippen LogP contribution in [0.25, 0.3) is 0 Å². The summed E-state index contributed by atoms with van der Waals surface area (Å²) in [6.45, 7) is 8.39. The summed E-state index contributed by atoms with van der Waals surface area (Å²) in [7, 11) is 0. The lowest BCUT2D eigenvalue weighted by Gasteiger charge is -2.14. The van der Waals surface area contributed by atoms with Crippen molar-refractivity contribution in [3.63, 3.8) is 0 Å². The first-order valence-corrected chi connectivity index (χ1v) is 6.03. The molecule has 1 atom stereocenters. The van der Waals surface area contributed by atoms with Gasteiger partial charge < -0.3 is 14.7 Å². The van der Waals surface area contributed by atoms with Crippen LogP contribution in [0.15, 0.2) is 4.52 Å². The molecule has 1 aliphatic heterocycles. The van der Waals surface area contributed by atoms with Gasteiger partial charge in [0.1, 0.15) is 0 Å². The van der Waals surface area contributed by atoms with Crippen LogP contribution in [0.1, 0.15) is 25.1 Å². The van der Waals surface area contributed by atoms with Crippen LogP contribution in [-0.4, -0.2) is 47.3 Å². The molecule has 1 aromatic rings. The van der Waals surface area contributed by atoms with Crippen molar-refractivity contribution >= 4 is 0 Å². The molecule has 5 nitrogen and oxygen atoms in total. The second-order valence-corrected chi connectivity index (χ2v) is 4.33. The van der Waals surface area contributed by atoms with E-state index in [4.69, 9.17) is 4.52 Å². The molecule has 16 heavy (non-hydrogen) atoms. The van der Waals surface area contributed by atoms with Gasteiger partial charge in [-0.05, 0) is 26.4 Å². The fourth-order valence-electron chi connectivity index (χ4n) is 2.19. The van der Waals surface area contributed by atoms with Crippen molar-refractivity contribution in [2.75, 3.05) is 26.2 Å². The predicted molar refractivity (Wildman–Crippen MR) is 61.3 cm³/mol. The molecule has 1 N–H and O–H groups in total. The van der Waals surface area contributed by atoms with Crippen LogP contribution < -0.4 is 5.32 Å². The summed E-state index contributed by atoms with van der Waals surface area (Å²) in [6, 6.07) is 0.662. The first kappa shape index (κ1) is 11.5. The highest BCUT2D eigenvalue weighted by molar-refractivity contribution is 4.86. The Morgan fingerprint density at radius 1 is 1.56 bits per heavy atom. The van der Waals surface area contributed by atoms with E-state index < -0.39 is 0 Å². The van der Waals surface area contributed by atoms with Crippen LogP contribution >= 0.6 is 0 Å². The highest BCUT2D eigenvalue weighted by atomic mass is 16.5. The zero-order valence-electron chi connectivity index (χ0n) is 10.1. The molecule has 0 aromatic carbocycles. The third-order valence-electron chi connectivity index (χ3n) is 2.98. The highest BCUT2D eigenvalue weighted by Crippen LogP contribution is 2.09. The van der Waals surface area contributed by atoms with Gasteiger partial charge in [0, 0.05) is 25.6 Å². The summed E-state index contributed by atoms with van der Waals surface area (Å²) < 4.78 is 5.10. The normalized spacial score (nSPS) is 21.8. The van der Waals surface area contributed by atoms with Gasteiger partial charge >= 0.3 is 0 Å². The van der Waals surface area contributed by atoms with Crippen molar-refractivity contribution in [1.29, 1.82) is 0 Å². The Labute approximate surface area is 96.2 Å². The number of likely N-dealkylation sites (tertiary alicyclic amines) is 1. The van der Waals surface area contributed by atoms with Crippen LogP contribution in [0, 0.1) is 6.92 Å². The van der Waals surface area contributed by atoms with Crippen LogP contribution in [-0.2, 0) is 6.42 Å². The number of aromatic nitrogens is 2. The van der Waals surface area contributed by atoms with E-state index in [0.29, 0.717) is 6.04 Å². The van der Waals surface area contributed by atoms with E-state index in [2.05, 4.69) is 27.3 Å². The molecule has 0 bridgehead atoms. The standard InChI is InChI=1S/C11H20N4O/c1-3-12-10-4-6-15(8-10)7-5-11-13-9(2)14-16-11/h10,12H,3-8H2,1-2H3. The number of likely N-dealkylation sites (N-methyl/N-ethyl adjacent to an activating group) is 1. The SMILES string of the molecule is CCNC1CCN(CCc2nc(C)no2)C1. The topological polar surface area (TPSA) is 54.2 Å². The molecule has 2 heterocycles. The van der Waals surface area contributed by atoms with Gasteiger partial charge in [-0.25, -0.2) is 0 Å². The maximum atomic E-state index is 5.10. The summed E-state index contributed by atoms with van der Waals surface area (Å²) in [5.74, 6) is 1.48. The second kappa shape index (κ2) is 5.41. The number of nitrogens with one attached hydrogen (secondary N) is 1. The Morgan fingerprint density at radius 3 is 3.12 bits per heavy atom. The van der Waals surface area contributed by atoms with Crippen LogP contribution in [0.2, 0.25) is 0 Å². The summed E-state index contributed by atoms with van der Waals surface area (Å²) in [4.78, 5) is 6.66. The van der Waals surface area contributed by atoms with Gasteiger partial charge in [0.05, 0.1) is 0 Å². The maximum absolute atomic E-state index is 5.10. The third kappa shape index (κ3) is 3.02. The van der Waals surface area contributed by atoms with Gasteiger partial charge in [-0.3, -0.25) is 0 Å². The van der Waals surface area contributed by atoms with Crippen molar-refractivity contribution < 1.29 is 4.52 Å². The molecule has 1 aromatic heterocycles. The van der Waals surface area contributed by atoms with Crippen molar-refractivity contribution in [3.8, 4) is 0 Å². The number of nitrogens with zero attached hydrogens (tertiary/aromatic N) is 3. The molecule has 0 radical (unpaired) electrons. The Kier molecular flexibility index (Phi) is 3.90. The molecular formula is C11H20N4O. The number of aryl methyl sites for hydroxylation is 1. The number of hydrogen-bond acceptors (Lipinski definition) is 5. The summed E-state index contributed by atoms with van der Waals surface area (Å²) in [6.07, 6.45) is 2.11. The zero-order valence-corrected chi connectivity index (χ0v) is 10.1. The first-order valence-electron chi connectivity index (χ1n) is 6.03. The Hall–Kier alpha value is -0.940. The van der Waals surface area contributed by atoms with Crippen LogP contribution in [0.5, 0.6) is 0 Å². The average molecular weight is 224 g/mol. The van der Waals surface area contributed by atoms with Crippen LogP contribution in [0.4, 0.5) is 0 Å². The highest BCUT2D eigenvalue weighted by Gasteiger charge is 2.21. The molecule has 1 aliphatic rings. The van der Waals surface area contributed by atoms with E-state index in [1.54, 1.807) is 0 Å². The average Bonchev–Trinajstić information content (AvgIpc) is 2.85. The largest absolute Gasteiger partial charge is 0.339 e. The Bertz CT molecular complexity index is 326.